The summed E-state index contributed by atoms with van der Waals surface area (Å²) in [6.07, 6.45) is 5.66. The zero-order valence-electron chi connectivity index (χ0n) is 7.19. The van der Waals surface area contributed by atoms with E-state index in [0.29, 0.717) is 6.04 Å². The van der Waals surface area contributed by atoms with Gasteiger partial charge in [-0.05, 0) is 19.4 Å². The Morgan fingerprint density at radius 2 is 2.20 bits per heavy atom. The maximum atomic E-state index is 3.75. The highest BCUT2D eigenvalue weighted by atomic mass is 14.9. The second-order valence-corrected chi connectivity index (χ2v) is 2.56. The molecule has 0 aliphatic rings. The van der Waals surface area contributed by atoms with Crippen molar-refractivity contribution in [2.45, 2.75) is 39.2 Å². The molecular formula is C9H19N. The Morgan fingerprint density at radius 3 is 2.60 bits per heavy atom. The monoisotopic (exact) mass is 141 g/mol. The molecule has 0 amide bonds. The van der Waals surface area contributed by atoms with Gasteiger partial charge in [-0.25, -0.2) is 0 Å². The van der Waals surface area contributed by atoms with Gasteiger partial charge in [0, 0.05) is 6.04 Å². The molecule has 1 atom stereocenters. The number of rotatable bonds is 6. The first-order valence-electron chi connectivity index (χ1n) is 4.21. The summed E-state index contributed by atoms with van der Waals surface area (Å²) in [5.74, 6) is 0. The van der Waals surface area contributed by atoms with Gasteiger partial charge in [0.15, 0.2) is 0 Å². The lowest BCUT2D eigenvalue weighted by molar-refractivity contribution is 0.559. The highest BCUT2D eigenvalue weighted by molar-refractivity contribution is 4.83. The second kappa shape index (κ2) is 6.81. The first kappa shape index (κ1) is 9.70. The summed E-state index contributed by atoms with van der Waals surface area (Å²) >= 11 is 0. The zero-order valence-corrected chi connectivity index (χ0v) is 7.19. The van der Waals surface area contributed by atoms with Gasteiger partial charge >= 0.3 is 0 Å². The molecule has 1 nitrogen and oxygen atoms in total. The highest BCUT2D eigenvalue weighted by Crippen LogP contribution is 1.92. The Hall–Kier alpha value is -0.300. The molecule has 10 heavy (non-hydrogen) atoms. The topological polar surface area (TPSA) is 12.0 Å². The molecule has 0 rings (SSSR count). The maximum Gasteiger partial charge on any atom is 0.0244 e. The molecule has 0 aliphatic heterocycles. The van der Waals surface area contributed by atoms with Crippen LogP contribution in [0.1, 0.15) is 33.1 Å². The first-order chi connectivity index (χ1) is 4.85. The smallest absolute Gasteiger partial charge is 0.0244 e. The summed E-state index contributed by atoms with van der Waals surface area (Å²) in [4.78, 5) is 0. The van der Waals surface area contributed by atoms with Crippen LogP contribution >= 0.6 is 0 Å². The molecule has 0 aromatic heterocycles. The van der Waals surface area contributed by atoms with Crippen molar-refractivity contribution in [3.63, 3.8) is 0 Å². The quantitative estimate of drug-likeness (QED) is 0.442. The van der Waals surface area contributed by atoms with Crippen molar-refractivity contribution in [3.8, 4) is 0 Å². The predicted octanol–water partition coefficient (Wildman–Crippen LogP) is 2.34. The van der Waals surface area contributed by atoms with Crippen LogP contribution in [0.15, 0.2) is 12.7 Å². The molecule has 1 heteroatoms. The minimum Gasteiger partial charge on any atom is -0.311 e. The van der Waals surface area contributed by atoms with Crippen LogP contribution < -0.4 is 5.32 Å². The van der Waals surface area contributed by atoms with Crippen LogP contribution in [0.3, 0.4) is 0 Å². The Kier molecular flexibility index (Phi) is 6.61. The summed E-state index contributed by atoms with van der Waals surface area (Å²) in [6, 6.07) is 0.520. The molecule has 0 aromatic rings. The number of unbranched alkanes of at least 4 members (excludes halogenated alkanes) is 1. The van der Waals surface area contributed by atoms with Crippen molar-refractivity contribution in [2.75, 3.05) is 6.54 Å². The summed E-state index contributed by atoms with van der Waals surface area (Å²) in [5.41, 5.74) is 0. The van der Waals surface area contributed by atoms with Crippen LogP contribution in [0.4, 0.5) is 0 Å². The van der Waals surface area contributed by atoms with Gasteiger partial charge in [0.1, 0.15) is 0 Å². The van der Waals surface area contributed by atoms with Gasteiger partial charge in [0.25, 0.3) is 0 Å². The van der Waals surface area contributed by atoms with Gasteiger partial charge < -0.3 is 5.32 Å². The van der Waals surface area contributed by atoms with Crippen molar-refractivity contribution in [2.24, 2.45) is 0 Å². The Bertz CT molecular complexity index is 78.8. The molecule has 0 fully saturated rings. The normalized spacial score (nSPS) is 13.0. The van der Waals surface area contributed by atoms with E-state index in [0.717, 1.165) is 13.0 Å². The van der Waals surface area contributed by atoms with E-state index in [1.807, 2.05) is 6.08 Å². The van der Waals surface area contributed by atoms with Crippen LogP contribution in [0.25, 0.3) is 0 Å². The van der Waals surface area contributed by atoms with Gasteiger partial charge in [-0.1, -0.05) is 26.3 Å². The minimum absolute atomic E-state index is 0.520. The van der Waals surface area contributed by atoms with Gasteiger partial charge in [-0.2, -0.15) is 0 Å². The number of hydrogen-bond acceptors (Lipinski definition) is 1. The van der Waals surface area contributed by atoms with Gasteiger partial charge in [-0.15, -0.1) is 6.58 Å². The summed E-state index contributed by atoms with van der Waals surface area (Å²) in [6.45, 7) is 9.25. The lowest BCUT2D eigenvalue weighted by Crippen LogP contribution is -2.26. The zero-order chi connectivity index (χ0) is 7.82. The van der Waals surface area contributed by atoms with E-state index in [1.165, 1.54) is 12.8 Å². The van der Waals surface area contributed by atoms with Crippen LogP contribution in [-0.2, 0) is 0 Å². The Balaban J connectivity index is 3.17. The number of hydrogen-bond donors (Lipinski definition) is 1. The molecule has 0 radical (unpaired) electrons. The average Bonchev–Trinajstić information content (AvgIpc) is 1.99. The van der Waals surface area contributed by atoms with E-state index >= 15 is 0 Å². The molecule has 60 valence electrons. The largest absolute Gasteiger partial charge is 0.311 e. The third kappa shape index (κ3) is 4.57. The molecule has 0 bridgehead atoms. The van der Waals surface area contributed by atoms with E-state index in [-0.39, 0.29) is 0 Å². The standard InChI is InChI=1S/C9H19N/c1-4-7-8-10-9(5-2)6-3/h5,9-10H,2,4,6-8H2,1,3H3. The fourth-order valence-corrected chi connectivity index (χ4v) is 0.859. The third-order valence-electron chi connectivity index (χ3n) is 1.66. The van der Waals surface area contributed by atoms with Gasteiger partial charge in [0.05, 0.1) is 0 Å². The molecule has 0 heterocycles. The molecule has 0 saturated carbocycles. The molecule has 0 aliphatic carbocycles. The number of nitrogens with one attached hydrogen (secondary N) is 1. The first-order valence-corrected chi connectivity index (χ1v) is 4.21. The van der Waals surface area contributed by atoms with Crippen LogP contribution in [0.5, 0.6) is 0 Å². The molecule has 0 spiro atoms. The van der Waals surface area contributed by atoms with Crippen LogP contribution in [0.2, 0.25) is 0 Å². The van der Waals surface area contributed by atoms with Crippen molar-refractivity contribution < 1.29 is 0 Å². The van der Waals surface area contributed by atoms with E-state index in [1.54, 1.807) is 0 Å². The molecule has 1 N–H and O–H groups in total. The maximum absolute atomic E-state index is 3.75. The molecule has 1 unspecified atom stereocenters. The lowest BCUT2D eigenvalue weighted by Gasteiger charge is -2.10. The Morgan fingerprint density at radius 1 is 1.50 bits per heavy atom. The predicted molar refractivity (Wildman–Crippen MR) is 47.2 cm³/mol. The minimum atomic E-state index is 0.520. The molecule has 0 saturated heterocycles. The fourth-order valence-electron chi connectivity index (χ4n) is 0.859. The third-order valence-corrected chi connectivity index (χ3v) is 1.66. The fraction of sp³-hybridized carbons (Fsp3) is 0.778. The van der Waals surface area contributed by atoms with Crippen molar-refractivity contribution in [1.29, 1.82) is 0 Å². The lowest BCUT2D eigenvalue weighted by atomic mass is 10.2. The van der Waals surface area contributed by atoms with Crippen LogP contribution in [-0.4, -0.2) is 12.6 Å². The second-order valence-electron chi connectivity index (χ2n) is 2.56. The van der Waals surface area contributed by atoms with Crippen molar-refractivity contribution in [3.05, 3.63) is 12.7 Å². The van der Waals surface area contributed by atoms with E-state index in [2.05, 4.69) is 25.7 Å². The van der Waals surface area contributed by atoms with Crippen molar-refractivity contribution in [1.82, 2.24) is 5.32 Å². The Labute approximate surface area is 64.5 Å². The van der Waals surface area contributed by atoms with Gasteiger partial charge in [0.2, 0.25) is 0 Å². The van der Waals surface area contributed by atoms with Crippen LogP contribution in [0, 0.1) is 0 Å². The van der Waals surface area contributed by atoms with E-state index in [4.69, 9.17) is 0 Å². The van der Waals surface area contributed by atoms with Gasteiger partial charge in [-0.3, -0.25) is 0 Å². The summed E-state index contributed by atoms with van der Waals surface area (Å²) < 4.78 is 0. The molecular weight excluding hydrogens is 122 g/mol. The van der Waals surface area contributed by atoms with E-state index in [9.17, 15) is 0 Å². The average molecular weight is 141 g/mol. The highest BCUT2D eigenvalue weighted by Gasteiger charge is 1.96. The SMILES string of the molecule is C=CC(CC)NCCCC. The summed E-state index contributed by atoms with van der Waals surface area (Å²) in [5, 5.41) is 3.40. The van der Waals surface area contributed by atoms with Crippen molar-refractivity contribution >= 4 is 0 Å². The molecule has 0 aromatic carbocycles. The summed E-state index contributed by atoms with van der Waals surface area (Å²) in [7, 11) is 0. The van der Waals surface area contributed by atoms with E-state index < -0.39 is 0 Å².